The molecule has 6 heteroatoms. The average Bonchev–Trinajstić information content (AvgIpc) is 2.41. The van der Waals surface area contributed by atoms with Crippen LogP contribution in [0.2, 0.25) is 0 Å². The summed E-state index contributed by atoms with van der Waals surface area (Å²) in [5.41, 5.74) is -0.820. The lowest BCUT2D eigenvalue weighted by atomic mass is 9.87. The first kappa shape index (κ1) is 18.0. The lowest BCUT2D eigenvalue weighted by molar-refractivity contribution is -0.196. The number of morpholine rings is 1. The second kappa shape index (κ2) is 6.30. The summed E-state index contributed by atoms with van der Waals surface area (Å²) in [4.78, 5) is 27.9. The van der Waals surface area contributed by atoms with E-state index < -0.39 is 5.60 Å². The third-order valence-corrected chi connectivity index (χ3v) is 4.45. The number of hydrogen-bond acceptors (Lipinski definition) is 4. The molecule has 0 aliphatic carbocycles. The minimum absolute atomic E-state index is 0.0557. The minimum atomic E-state index is -0.483. The highest BCUT2D eigenvalue weighted by molar-refractivity contribution is 5.81. The summed E-state index contributed by atoms with van der Waals surface area (Å²) in [5, 5.41) is 0. The Hall–Kier alpha value is -1.30. The van der Waals surface area contributed by atoms with E-state index >= 15 is 0 Å². The molecule has 2 amide bonds. The van der Waals surface area contributed by atoms with Gasteiger partial charge in [0.1, 0.15) is 11.7 Å². The summed E-state index contributed by atoms with van der Waals surface area (Å²) in [6, 6.07) is 0. The van der Waals surface area contributed by atoms with Gasteiger partial charge in [-0.05, 0) is 39.5 Å². The zero-order valence-corrected chi connectivity index (χ0v) is 15.2. The molecular weight excluding hydrogens is 296 g/mol. The number of hydrogen-bond donors (Lipinski definition) is 0. The molecule has 0 aromatic rings. The van der Waals surface area contributed by atoms with Crippen molar-refractivity contribution in [2.75, 3.05) is 26.7 Å². The van der Waals surface area contributed by atoms with Crippen molar-refractivity contribution in [3.8, 4) is 0 Å². The Labute approximate surface area is 139 Å². The Morgan fingerprint density at radius 1 is 1.30 bits per heavy atom. The van der Waals surface area contributed by atoms with Crippen LogP contribution >= 0.6 is 0 Å². The van der Waals surface area contributed by atoms with Crippen molar-refractivity contribution in [3.05, 3.63) is 0 Å². The van der Waals surface area contributed by atoms with Crippen LogP contribution in [0.3, 0.4) is 0 Å². The molecule has 0 aromatic carbocycles. The van der Waals surface area contributed by atoms with Gasteiger partial charge >= 0.3 is 6.09 Å². The fraction of sp³-hybridized carbons (Fsp3) is 0.882. The van der Waals surface area contributed by atoms with Crippen LogP contribution in [0.25, 0.3) is 0 Å². The van der Waals surface area contributed by atoms with Crippen LogP contribution in [0.5, 0.6) is 0 Å². The van der Waals surface area contributed by atoms with Crippen LogP contribution in [0, 0.1) is 5.92 Å². The van der Waals surface area contributed by atoms with E-state index in [0.29, 0.717) is 19.6 Å². The van der Waals surface area contributed by atoms with E-state index in [1.165, 1.54) is 0 Å². The first-order valence-corrected chi connectivity index (χ1v) is 8.44. The molecule has 0 N–H and O–H groups in total. The quantitative estimate of drug-likeness (QED) is 0.742. The van der Waals surface area contributed by atoms with Gasteiger partial charge in [-0.2, -0.15) is 0 Å². The number of nitrogens with zero attached hydrogens (tertiary/aromatic N) is 2. The predicted octanol–water partition coefficient (Wildman–Crippen LogP) is 2.27. The van der Waals surface area contributed by atoms with E-state index in [0.717, 1.165) is 12.8 Å². The molecular formula is C17H30N2O4. The van der Waals surface area contributed by atoms with Gasteiger partial charge in [-0.25, -0.2) is 4.79 Å². The maximum Gasteiger partial charge on any atom is 0.410 e. The largest absolute Gasteiger partial charge is 0.444 e. The molecule has 6 nitrogen and oxygen atoms in total. The predicted molar refractivity (Wildman–Crippen MR) is 87.1 cm³/mol. The molecule has 2 saturated heterocycles. The van der Waals surface area contributed by atoms with Crippen molar-refractivity contribution < 1.29 is 19.1 Å². The molecule has 2 aliphatic rings. The maximum atomic E-state index is 12.2. The van der Waals surface area contributed by atoms with E-state index in [9.17, 15) is 9.59 Å². The highest BCUT2D eigenvalue weighted by atomic mass is 16.6. The summed E-state index contributed by atoms with van der Waals surface area (Å²) in [6.45, 7) is 11.4. The van der Waals surface area contributed by atoms with Crippen molar-refractivity contribution in [2.24, 2.45) is 5.92 Å². The van der Waals surface area contributed by atoms with Gasteiger partial charge in [0.2, 0.25) is 0 Å². The summed E-state index contributed by atoms with van der Waals surface area (Å²) >= 11 is 0. The summed E-state index contributed by atoms with van der Waals surface area (Å²) in [6.07, 6.45) is 0.801. The first-order valence-electron chi connectivity index (χ1n) is 8.44. The van der Waals surface area contributed by atoms with Crippen LogP contribution in [0.15, 0.2) is 0 Å². The zero-order valence-electron chi connectivity index (χ0n) is 15.2. The third-order valence-electron chi connectivity index (χ3n) is 4.45. The monoisotopic (exact) mass is 326 g/mol. The standard InChI is InChI=1S/C17H30N2O4/c1-12(2)13-14(20)18(6)11-17(22-13)7-9-19(10-8-17)15(21)23-16(3,4)5/h12-13H,7-11H2,1-6H3. The SMILES string of the molecule is CC(C)C1OC2(CCN(C(=O)OC(C)(C)C)CC2)CN(C)C1=O. The van der Waals surface area contributed by atoms with E-state index in [-0.39, 0.29) is 29.6 Å². The van der Waals surface area contributed by atoms with Crippen LogP contribution < -0.4 is 0 Å². The van der Waals surface area contributed by atoms with Crippen LogP contribution in [0.4, 0.5) is 4.79 Å². The molecule has 2 aliphatic heterocycles. The fourth-order valence-electron chi connectivity index (χ4n) is 3.20. The smallest absolute Gasteiger partial charge is 0.410 e. The minimum Gasteiger partial charge on any atom is -0.444 e. The van der Waals surface area contributed by atoms with Gasteiger partial charge in [-0.15, -0.1) is 0 Å². The summed E-state index contributed by atoms with van der Waals surface area (Å²) in [7, 11) is 1.84. The molecule has 23 heavy (non-hydrogen) atoms. The number of carbonyl (C=O) groups excluding carboxylic acids is 2. The Kier molecular flexibility index (Phi) is 4.95. The third kappa shape index (κ3) is 4.16. The maximum absolute atomic E-state index is 12.2. The summed E-state index contributed by atoms with van der Waals surface area (Å²) < 4.78 is 11.7. The molecule has 1 unspecified atom stereocenters. The van der Waals surface area contributed by atoms with Crippen LogP contribution in [0.1, 0.15) is 47.5 Å². The van der Waals surface area contributed by atoms with Gasteiger partial charge in [0, 0.05) is 26.7 Å². The Morgan fingerprint density at radius 2 is 1.87 bits per heavy atom. The van der Waals surface area contributed by atoms with E-state index in [2.05, 4.69) is 0 Å². The van der Waals surface area contributed by atoms with Gasteiger partial charge in [-0.3, -0.25) is 4.79 Å². The molecule has 0 bridgehead atoms. The first-order chi connectivity index (χ1) is 10.5. The Bertz CT molecular complexity index is 462. The number of rotatable bonds is 1. The molecule has 0 saturated carbocycles. The molecule has 1 atom stereocenters. The van der Waals surface area contributed by atoms with Crippen molar-refractivity contribution in [2.45, 2.75) is 64.8 Å². The molecule has 0 aromatic heterocycles. The number of ether oxygens (including phenoxy) is 2. The highest BCUT2D eigenvalue weighted by Gasteiger charge is 2.47. The van der Waals surface area contributed by atoms with Crippen molar-refractivity contribution in [1.82, 2.24) is 9.80 Å². The molecule has 2 rings (SSSR count). The summed E-state index contributed by atoms with van der Waals surface area (Å²) in [5.74, 6) is 0.200. The van der Waals surface area contributed by atoms with Gasteiger partial charge < -0.3 is 19.3 Å². The van der Waals surface area contributed by atoms with Gasteiger partial charge in [0.15, 0.2) is 0 Å². The van der Waals surface area contributed by atoms with Crippen LogP contribution in [-0.2, 0) is 14.3 Å². The van der Waals surface area contributed by atoms with Gasteiger partial charge in [-0.1, -0.05) is 13.8 Å². The molecule has 2 fully saturated rings. The molecule has 132 valence electrons. The number of piperidine rings is 1. The number of likely N-dealkylation sites (tertiary alicyclic amines) is 1. The normalized spacial score (nSPS) is 25.2. The Morgan fingerprint density at radius 3 is 2.35 bits per heavy atom. The number of carbonyl (C=O) groups is 2. The van der Waals surface area contributed by atoms with Gasteiger partial charge in [0.05, 0.1) is 5.60 Å². The molecule has 0 radical (unpaired) electrons. The van der Waals surface area contributed by atoms with E-state index in [4.69, 9.17) is 9.47 Å². The van der Waals surface area contributed by atoms with Crippen LogP contribution in [-0.4, -0.2) is 65.8 Å². The van der Waals surface area contributed by atoms with Crippen molar-refractivity contribution in [1.29, 1.82) is 0 Å². The Balaban J connectivity index is 2.00. The number of amides is 2. The van der Waals surface area contributed by atoms with Crippen molar-refractivity contribution >= 4 is 12.0 Å². The molecule has 2 heterocycles. The van der Waals surface area contributed by atoms with E-state index in [1.54, 1.807) is 9.80 Å². The average molecular weight is 326 g/mol. The zero-order chi connectivity index (χ0) is 17.4. The van der Waals surface area contributed by atoms with Crippen molar-refractivity contribution in [3.63, 3.8) is 0 Å². The lowest BCUT2D eigenvalue weighted by Gasteiger charge is -2.49. The fourth-order valence-corrected chi connectivity index (χ4v) is 3.20. The second-order valence-corrected chi connectivity index (χ2v) is 8.13. The van der Waals surface area contributed by atoms with E-state index in [1.807, 2.05) is 41.7 Å². The molecule has 1 spiro atoms. The van der Waals surface area contributed by atoms with Gasteiger partial charge in [0.25, 0.3) is 5.91 Å². The topological polar surface area (TPSA) is 59.1 Å². The lowest BCUT2D eigenvalue weighted by Crippen LogP contribution is -2.62. The highest BCUT2D eigenvalue weighted by Crippen LogP contribution is 2.34. The number of likely N-dealkylation sites (N-methyl/N-ethyl adjacent to an activating group) is 1. The second-order valence-electron chi connectivity index (χ2n) is 8.13.